The van der Waals surface area contributed by atoms with E-state index in [0.29, 0.717) is 0 Å². The molecule has 0 aliphatic carbocycles. The van der Waals surface area contributed by atoms with Crippen molar-refractivity contribution in [3.8, 4) is 0 Å². The summed E-state index contributed by atoms with van der Waals surface area (Å²) in [6, 6.07) is 0. The van der Waals surface area contributed by atoms with Gasteiger partial charge in [-0.2, -0.15) is 4.21 Å². The van der Waals surface area contributed by atoms with Crippen molar-refractivity contribution in [3.05, 3.63) is 0 Å². The molecule has 8 heteroatoms. The molecule has 0 bridgehead atoms. The largest absolute Gasteiger partial charge is 0.395 e. The quantitative estimate of drug-likeness (QED) is 0.290. The molecule has 0 atom stereocenters. The smallest absolute Gasteiger partial charge is 0.196 e. The summed E-state index contributed by atoms with van der Waals surface area (Å²) >= 11 is 0. The summed E-state index contributed by atoms with van der Waals surface area (Å²) < 4.78 is 32.4. The zero-order valence-corrected chi connectivity index (χ0v) is 7.25. The Kier molecular flexibility index (Phi) is 4.20. The minimum absolute atomic E-state index is 0.225. The summed E-state index contributed by atoms with van der Waals surface area (Å²) in [6.07, 6.45) is 0. The van der Waals surface area contributed by atoms with Gasteiger partial charge in [0, 0.05) is 13.1 Å². The minimum atomic E-state index is -5.04. The lowest BCUT2D eigenvalue weighted by Crippen LogP contribution is -2.58. The Labute approximate surface area is 70.1 Å². The summed E-state index contributed by atoms with van der Waals surface area (Å²) in [4.78, 5) is 0. The van der Waals surface area contributed by atoms with Gasteiger partial charge in [-0.3, -0.25) is 9.11 Å². The van der Waals surface area contributed by atoms with E-state index >= 15 is 0 Å². The van der Waals surface area contributed by atoms with Gasteiger partial charge in [0.15, 0.2) is 10.00 Å². The Bertz CT molecular complexity index is 176. The third-order valence-corrected chi connectivity index (χ3v) is 2.40. The molecular formula is C4H14N2O5S. The molecule has 6 N–H and O–H groups in total. The van der Waals surface area contributed by atoms with Crippen molar-refractivity contribution < 1.29 is 23.5 Å². The predicted molar refractivity (Wildman–Crippen MR) is 43.6 cm³/mol. The van der Waals surface area contributed by atoms with Crippen LogP contribution in [0.15, 0.2) is 0 Å². The number of nitrogens with one attached hydrogen (secondary N) is 2. The molecule has 0 amide bonds. The van der Waals surface area contributed by atoms with Crippen molar-refractivity contribution in [2.24, 2.45) is 0 Å². The molecule has 7 nitrogen and oxygen atoms in total. The number of hydrogen-bond donors (Lipinski definition) is 6. The first-order chi connectivity index (χ1) is 5.39. The van der Waals surface area contributed by atoms with Gasteiger partial charge in [-0.25, -0.2) is 9.44 Å². The lowest BCUT2D eigenvalue weighted by molar-refractivity contribution is 0.277. The molecule has 0 spiro atoms. The fourth-order valence-corrected chi connectivity index (χ4v) is 1.53. The van der Waals surface area contributed by atoms with Crippen molar-refractivity contribution in [3.63, 3.8) is 0 Å². The molecular weight excluding hydrogens is 188 g/mol. The fourth-order valence-electron chi connectivity index (χ4n) is 0.510. The molecule has 0 heterocycles. The highest BCUT2D eigenvalue weighted by Gasteiger charge is 2.26. The van der Waals surface area contributed by atoms with Crippen LogP contribution in [-0.4, -0.2) is 49.8 Å². The topological polar surface area (TPSA) is 122 Å². The van der Waals surface area contributed by atoms with Crippen LogP contribution in [0.2, 0.25) is 0 Å². The molecule has 0 saturated carbocycles. The monoisotopic (exact) mass is 202 g/mol. The zero-order chi connectivity index (χ0) is 9.69. The van der Waals surface area contributed by atoms with Crippen molar-refractivity contribution in [1.29, 1.82) is 0 Å². The molecule has 0 rings (SSSR count). The van der Waals surface area contributed by atoms with Gasteiger partial charge in [-0.1, -0.05) is 0 Å². The first-order valence-electron chi connectivity index (χ1n) is 3.28. The third-order valence-electron chi connectivity index (χ3n) is 0.948. The van der Waals surface area contributed by atoms with Crippen LogP contribution in [0.25, 0.3) is 0 Å². The lowest BCUT2D eigenvalue weighted by Gasteiger charge is -2.31. The molecule has 0 unspecified atom stereocenters. The number of hydrogen-bond acceptors (Lipinski definition) is 3. The molecule has 0 aliphatic heterocycles. The number of aliphatic hydroxyl groups is 2. The van der Waals surface area contributed by atoms with Gasteiger partial charge in [0.2, 0.25) is 0 Å². The summed E-state index contributed by atoms with van der Waals surface area (Å²) in [7, 11) is -5.04. The van der Waals surface area contributed by atoms with Crippen molar-refractivity contribution in [2.45, 2.75) is 0 Å². The first kappa shape index (κ1) is 11.9. The molecule has 0 fully saturated rings. The number of aliphatic hydroxyl groups excluding tert-OH is 2. The van der Waals surface area contributed by atoms with E-state index in [2.05, 4.69) is 0 Å². The Hall–Kier alpha value is -0.0900. The second kappa shape index (κ2) is 4.23. The minimum Gasteiger partial charge on any atom is -0.395 e. The van der Waals surface area contributed by atoms with Gasteiger partial charge in [-0.05, 0) is 0 Å². The van der Waals surface area contributed by atoms with Gasteiger partial charge in [-0.15, -0.1) is 0 Å². The molecule has 0 aromatic rings. The van der Waals surface area contributed by atoms with E-state index in [1.807, 2.05) is 9.44 Å². The first-order valence-corrected chi connectivity index (χ1v) is 5.16. The molecule has 0 aromatic heterocycles. The van der Waals surface area contributed by atoms with Crippen LogP contribution in [0.4, 0.5) is 0 Å². The van der Waals surface area contributed by atoms with Crippen LogP contribution in [0.3, 0.4) is 0 Å². The lowest BCUT2D eigenvalue weighted by atomic mass is 10.8. The maximum atomic E-state index is 11.0. The van der Waals surface area contributed by atoms with E-state index in [0.717, 1.165) is 0 Å². The van der Waals surface area contributed by atoms with Crippen LogP contribution in [-0.2, 0) is 10.00 Å². The summed E-state index contributed by atoms with van der Waals surface area (Å²) in [6.45, 7) is -1.21. The normalized spacial score (nSPS) is 15.5. The van der Waals surface area contributed by atoms with E-state index in [-0.39, 0.29) is 26.3 Å². The fraction of sp³-hybridized carbons (Fsp3) is 1.00. The Morgan fingerprint density at radius 1 is 1.00 bits per heavy atom. The van der Waals surface area contributed by atoms with E-state index in [9.17, 15) is 4.21 Å². The number of rotatable bonds is 6. The Morgan fingerprint density at radius 2 is 1.33 bits per heavy atom. The van der Waals surface area contributed by atoms with Crippen LogP contribution < -0.4 is 9.44 Å². The highest BCUT2D eigenvalue weighted by molar-refractivity contribution is 8.06. The standard InChI is InChI=1S/C4H14N2O5S/c7-3-1-5-12(9,10,11)6-2-4-8/h7-8H,1-4H2,(H4,5,6,9,10,11). The van der Waals surface area contributed by atoms with Crippen molar-refractivity contribution in [1.82, 2.24) is 9.44 Å². The van der Waals surface area contributed by atoms with Gasteiger partial charge < -0.3 is 10.2 Å². The van der Waals surface area contributed by atoms with E-state index in [1.165, 1.54) is 0 Å². The maximum Gasteiger partial charge on any atom is 0.196 e. The molecule has 12 heavy (non-hydrogen) atoms. The summed E-state index contributed by atoms with van der Waals surface area (Å²) in [5.41, 5.74) is 0. The van der Waals surface area contributed by atoms with Crippen molar-refractivity contribution in [2.75, 3.05) is 26.3 Å². The molecule has 0 aliphatic rings. The molecule has 0 saturated heterocycles. The highest BCUT2D eigenvalue weighted by atomic mass is 32.3. The van der Waals surface area contributed by atoms with Crippen LogP contribution in [0.5, 0.6) is 0 Å². The van der Waals surface area contributed by atoms with Crippen LogP contribution in [0, 0.1) is 0 Å². The van der Waals surface area contributed by atoms with Crippen molar-refractivity contribution >= 4 is 10.00 Å². The van der Waals surface area contributed by atoms with Crippen LogP contribution in [0.1, 0.15) is 0 Å². The molecule has 76 valence electrons. The Morgan fingerprint density at radius 3 is 1.58 bits per heavy atom. The summed E-state index contributed by atoms with van der Waals surface area (Å²) in [5.74, 6) is 0. The van der Waals surface area contributed by atoms with Gasteiger partial charge in [0.05, 0.1) is 13.2 Å². The van der Waals surface area contributed by atoms with E-state index < -0.39 is 10.00 Å². The molecule has 0 aromatic carbocycles. The zero-order valence-electron chi connectivity index (χ0n) is 6.43. The average molecular weight is 202 g/mol. The molecule has 0 radical (unpaired) electrons. The van der Waals surface area contributed by atoms with Gasteiger partial charge in [0.25, 0.3) is 0 Å². The Balaban J connectivity index is 4.00. The van der Waals surface area contributed by atoms with Gasteiger partial charge >= 0.3 is 0 Å². The van der Waals surface area contributed by atoms with E-state index in [4.69, 9.17) is 19.3 Å². The second-order valence-electron chi connectivity index (χ2n) is 2.10. The predicted octanol–water partition coefficient (Wildman–Crippen LogP) is -2.25. The van der Waals surface area contributed by atoms with Gasteiger partial charge in [0.1, 0.15) is 0 Å². The highest BCUT2D eigenvalue weighted by Crippen LogP contribution is 2.02. The SMILES string of the molecule is O=S(O)(O)(NCCO)NCCO. The van der Waals surface area contributed by atoms with E-state index in [1.54, 1.807) is 0 Å². The third kappa shape index (κ3) is 5.55. The average Bonchev–Trinajstić information content (AvgIpc) is 1.97. The summed E-state index contributed by atoms with van der Waals surface area (Å²) in [5, 5.41) is 16.6. The van der Waals surface area contributed by atoms with Crippen LogP contribution >= 0.6 is 0 Å². The maximum absolute atomic E-state index is 11.0. The second-order valence-corrected chi connectivity index (χ2v) is 4.41.